The molecule has 1 unspecified atom stereocenters. The number of amides is 1. The minimum Gasteiger partial charge on any atom is -0.368 e. The predicted octanol–water partition coefficient (Wildman–Crippen LogP) is -0.469. The maximum Gasteiger partial charge on any atom is 0.234 e. The standard InChI is InChI=1S/C9H19N3O/c1-7(9(11)13)12-4-2-8(6-10)3-5-12/h7-8H,2-6,10H2,1H3,(H2,11,13). The highest BCUT2D eigenvalue weighted by atomic mass is 16.1. The molecule has 0 aromatic carbocycles. The van der Waals surface area contributed by atoms with Gasteiger partial charge in [0.25, 0.3) is 0 Å². The summed E-state index contributed by atoms with van der Waals surface area (Å²) in [5.74, 6) is 0.405. The van der Waals surface area contributed by atoms with Gasteiger partial charge >= 0.3 is 0 Å². The quantitative estimate of drug-likeness (QED) is 0.624. The molecule has 1 fully saturated rings. The second kappa shape index (κ2) is 4.58. The molecule has 0 aromatic heterocycles. The first-order valence-electron chi connectivity index (χ1n) is 4.88. The average molecular weight is 185 g/mol. The van der Waals surface area contributed by atoms with Gasteiger partial charge in [-0.05, 0) is 45.3 Å². The third-order valence-electron chi connectivity index (χ3n) is 2.94. The van der Waals surface area contributed by atoms with E-state index < -0.39 is 0 Å². The van der Waals surface area contributed by atoms with Gasteiger partial charge in [-0.2, -0.15) is 0 Å². The molecule has 1 rings (SSSR count). The molecule has 0 spiro atoms. The highest BCUT2D eigenvalue weighted by molar-refractivity contribution is 5.79. The van der Waals surface area contributed by atoms with Crippen LogP contribution in [0.2, 0.25) is 0 Å². The van der Waals surface area contributed by atoms with Crippen LogP contribution in [0.1, 0.15) is 19.8 Å². The average Bonchev–Trinajstić information content (AvgIpc) is 2.17. The van der Waals surface area contributed by atoms with Crippen LogP contribution in [0.15, 0.2) is 0 Å². The lowest BCUT2D eigenvalue weighted by atomic mass is 9.96. The Morgan fingerprint density at radius 2 is 2.08 bits per heavy atom. The molecule has 1 aliphatic rings. The number of nitrogens with two attached hydrogens (primary N) is 2. The predicted molar refractivity (Wildman–Crippen MR) is 52.0 cm³/mol. The van der Waals surface area contributed by atoms with E-state index in [9.17, 15) is 4.79 Å². The molecule has 0 radical (unpaired) electrons. The number of carbonyl (C=O) groups excluding carboxylic acids is 1. The van der Waals surface area contributed by atoms with Crippen molar-refractivity contribution in [2.45, 2.75) is 25.8 Å². The summed E-state index contributed by atoms with van der Waals surface area (Å²) in [7, 11) is 0. The Kier molecular flexibility index (Phi) is 3.69. The van der Waals surface area contributed by atoms with Crippen molar-refractivity contribution < 1.29 is 4.79 Å². The zero-order valence-corrected chi connectivity index (χ0v) is 8.20. The molecule has 1 heterocycles. The molecule has 0 saturated carbocycles. The minimum absolute atomic E-state index is 0.126. The second-order valence-electron chi connectivity index (χ2n) is 3.79. The van der Waals surface area contributed by atoms with Gasteiger partial charge in [-0.15, -0.1) is 0 Å². The molecule has 1 amide bonds. The van der Waals surface area contributed by atoms with Gasteiger partial charge in [0.1, 0.15) is 0 Å². The monoisotopic (exact) mass is 185 g/mol. The summed E-state index contributed by atoms with van der Waals surface area (Å²) in [5, 5.41) is 0. The van der Waals surface area contributed by atoms with E-state index in [1.54, 1.807) is 0 Å². The summed E-state index contributed by atoms with van der Waals surface area (Å²) in [4.78, 5) is 13.0. The van der Waals surface area contributed by atoms with Crippen LogP contribution < -0.4 is 11.5 Å². The summed E-state index contributed by atoms with van der Waals surface area (Å²) in [6.07, 6.45) is 2.18. The van der Waals surface area contributed by atoms with E-state index in [2.05, 4.69) is 4.90 Å². The third-order valence-corrected chi connectivity index (χ3v) is 2.94. The molecule has 4 heteroatoms. The molecule has 0 aliphatic carbocycles. The molecule has 4 N–H and O–H groups in total. The van der Waals surface area contributed by atoms with Crippen LogP contribution in [0.3, 0.4) is 0 Å². The molecular weight excluding hydrogens is 166 g/mol. The lowest BCUT2D eigenvalue weighted by Crippen LogP contribution is -2.47. The Hall–Kier alpha value is -0.610. The lowest BCUT2D eigenvalue weighted by molar-refractivity contribution is -0.123. The molecule has 1 atom stereocenters. The Morgan fingerprint density at radius 1 is 1.54 bits per heavy atom. The van der Waals surface area contributed by atoms with E-state index in [0.717, 1.165) is 32.5 Å². The number of rotatable bonds is 3. The smallest absolute Gasteiger partial charge is 0.234 e. The fraction of sp³-hybridized carbons (Fsp3) is 0.889. The van der Waals surface area contributed by atoms with Crippen LogP contribution in [-0.2, 0) is 4.79 Å². The number of nitrogens with zero attached hydrogens (tertiary/aromatic N) is 1. The number of hydrogen-bond acceptors (Lipinski definition) is 3. The number of likely N-dealkylation sites (tertiary alicyclic amines) is 1. The number of carbonyl (C=O) groups is 1. The summed E-state index contributed by atoms with van der Waals surface area (Å²) < 4.78 is 0. The van der Waals surface area contributed by atoms with Crippen molar-refractivity contribution in [1.29, 1.82) is 0 Å². The van der Waals surface area contributed by atoms with Gasteiger partial charge in [0.2, 0.25) is 5.91 Å². The van der Waals surface area contributed by atoms with Crippen LogP contribution in [0.4, 0.5) is 0 Å². The first-order chi connectivity index (χ1) is 6.15. The van der Waals surface area contributed by atoms with Gasteiger partial charge in [0.15, 0.2) is 0 Å². The SMILES string of the molecule is CC(C(N)=O)N1CCC(CN)CC1. The van der Waals surface area contributed by atoms with Crippen LogP contribution >= 0.6 is 0 Å². The van der Waals surface area contributed by atoms with Crippen molar-refractivity contribution >= 4 is 5.91 Å². The summed E-state index contributed by atoms with van der Waals surface area (Å²) in [5.41, 5.74) is 10.8. The van der Waals surface area contributed by atoms with Gasteiger partial charge in [-0.25, -0.2) is 0 Å². The van der Waals surface area contributed by atoms with Gasteiger partial charge in [-0.3, -0.25) is 9.69 Å². The number of piperidine rings is 1. The third kappa shape index (κ3) is 2.67. The molecule has 4 nitrogen and oxygen atoms in total. The maximum atomic E-state index is 10.9. The normalized spacial score (nSPS) is 22.9. The summed E-state index contributed by atoms with van der Waals surface area (Å²) >= 11 is 0. The summed E-state index contributed by atoms with van der Waals surface area (Å²) in [6, 6.07) is -0.126. The molecule has 0 aromatic rings. The first kappa shape index (κ1) is 10.5. The van der Waals surface area contributed by atoms with E-state index >= 15 is 0 Å². The second-order valence-corrected chi connectivity index (χ2v) is 3.79. The molecule has 1 aliphatic heterocycles. The fourth-order valence-corrected chi connectivity index (χ4v) is 1.76. The molecule has 76 valence electrons. The molecular formula is C9H19N3O. The zero-order chi connectivity index (χ0) is 9.84. The zero-order valence-electron chi connectivity index (χ0n) is 8.20. The topological polar surface area (TPSA) is 72.4 Å². The van der Waals surface area contributed by atoms with Crippen molar-refractivity contribution in [3.8, 4) is 0 Å². The Morgan fingerprint density at radius 3 is 2.46 bits per heavy atom. The van der Waals surface area contributed by atoms with E-state index in [1.165, 1.54) is 0 Å². The van der Waals surface area contributed by atoms with Gasteiger partial charge < -0.3 is 11.5 Å². The Labute approximate surface area is 79.3 Å². The van der Waals surface area contributed by atoms with E-state index in [4.69, 9.17) is 11.5 Å². The molecule has 13 heavy (non-hydrogen) atoms. The number of primary amides is 1. The van der Waals surface area contributed by atoms with Crippen molar-refractivity contribution in [2.75, 3.05) is 19.6 Å². The van der Waals surface area contributed by atoms with Crippen LogP contribution in [0.25, 0.3) is 0 Å². The summed E-state index contributed by atoms with van der Waals surface area (Å²) in [6.45, 7) is 4.53. The van der Waals surface area contributed by atoms with Crippen molar-refractivity contribution in [3.63, 3.8) is 0 Å². The number of hydrogen-bond donors (Lipinski definition) is 2. The minimum atomic E-state index is -0.230. The van der Waals surface area contributed by atoms with Crippen molar-refractivity contribution in [2.24, 2.45) is 17.4 Å². The molecule has 1 saturated heterocycles. The fourth-order valence-electron chi connectivity index (χ4n) is 1.76. The van der Waals surface area contributed by atoms with Crippen molar-refractivity contribution in [3.05, 3.63) is 0 Å². The molecule has 0 bridgehead atoms. The van der Waals surface area contributed by atoms with Crippen LogP contribution in [0.5, 0.6) is 0 Å². The largest absolute Gasteiger partial charge is 0.368 e. The Balaban J connectivity index is 2.36. The van der Waals surface area contributed by atoms with Gasteiger partial charge in [-0.1, -0.05) is 0 Å². The van der Waals surface area contributed by atoms with E-state index in [1.807, 2.05) is 6.92 Å². The van der Waals surface area contributed by atoms with E-state index in [0.29, 0.717) is 5.92 Å². The first-order valence-corrected chi connectivity index (χ1v) is 4.88. The lowest BCUT2D eigenvalue weighted by Gasteiger charge is -2.34. The van der Waals surface area contributed by atoms with Crippen molar-refractivity contribution in [1.82, 2.24) is 4.90 Å². The van der Waals surface area contributed by atoms with Crippen LogP contribution in [0, 0.1) is 5.92 Å². The maximum absolute atomic E-state index is 10.9. The van der Waals surface area contributed by atoms with E-state index in [-0.39, 0.29) is 11.9 Å². The van der Waals surface area contributed by atoms with Gasteiger partial charge in [0, 0.05) is 0 Å². The highest BCUT2D eigenvalue weighted by Gasteiger charge is 2.24. The Bertz CT molecular complexity index is 176. The highest BCUT2D eigenvalue weighted by Crippen LogP contribution is 2.17. The van der Waals surface area contributed by atoms with Crippen LogP contribution in [-0.4, -0.2) is 36.5 Å². The van der Waals surface area contributed by atoms with Gasteiger partial charge in [0.05, 0.1) is 6.04 Å².